The number of thioether (sulfide) groups is 1. The van der Waals surface area contributed by atoms with Gasteiger partial charge in [-0.3, -0.25) is 4.79 Å². The average Bonchev–Trinajstić information content (AvgIpc) is 3.41. The van der Waals surface area contributed by atoms with E-state index in [4.69, 9.17) is 16.7 Å². The minimum atomic E-state index is -0.101. The third kappa shape index (κ3) is 4.11. The first kappa shape index (κ1) is 19.9. The van der Waals surface area contributed by atoms with Gasteiger partial charge >= 0.3 is 0 Å². The second-order valence-electron chi connectivity index (χ2n) is 7.39. The predicted octanol–water partition coefficient (Wildman–Crippen LogP) is 5.97. The monoisotopic (exact) mass is 445 g/mol. The minimum Gasteiger partial charge on any atom is -0.321 e. The van der Waals surface area contributed by atoms with Gasteiger partial charge in [0.05, 0.1) is 17.1 Å². The fourth-order valence-electron chi connectivity index (χ4n) is 3.77. The number of carbonyl (C=O) groups is 1. The lowest BCUT2D eigenvalue weighted by Crippen LogP contribution is -2.27. The van der Waals surface area contributed by atoms with Crippen LogP contribution in [0.5, 0.6) is 0 Å². The zero-order chi connectivity index (χ0) is 21.2. The molecule has 1 aromatic heterocycles. The molecule has 6 heteroatoms. The molecule has 4 nitrogen and oxygen atoms in total. The second-order valence-corrected chi connectivity index (χ2v) is 8.90. The summed E-state index contributed by atoms with van der Waals surface area (Å²) in [6.07, 6.45) is 2.06. The van der Waals surface area contributed by atoms with E-state index in [9.17, 15) is 4.79 Å². The predicted molar refractivity (Wildman–Crippen MR) is 126 cm³/mol. The quantitative estimate of drug-likeness (QED) is 0.380. The van der Waals surface area contributed by atoms with Crippen LogP contribution in [0.4, 0.5) is 0 Å². The van der Waals surface area contributed by atoms with Gasteiger partial charge in [0.1, 0.15) is 5.37 Å². The first-order valence-corrected chi connectivity index (χ1v) is 11.5. The summed E-state index contributed by atoms with van der Waals surface area (Å²) in [6, 6.07) is 27.9. The molecule has 5 rings (SSSR count). The first-order valence-electron chi connectivity index (χ1n) is 10.0. The summed E-state index contributed by atoms with van der Waals surface area (Å²) in [7, 11) is 0. The molecule has 0 saturated carbocycles. The molecule has 3 aromatic carbocycles. The summed E-state index contributed by atoms with van der Waals surface area (Å²) in [4.78, 5) is 14.7. The van der Waals surface area contributed by atoms with E-state index < -0.39 is 0 Å². The molecular weight excluding hydrogens is 426 g/mol. The summed E-state index contributed by atoms with van der Waals surface area (Å²) < 4.78 is 1.90. The number of nitrogens with zero attached hydrogens (tertiary/aromatic N) is 3. The van der Waals surface area contributed by atoms with Crippen molar-refractivity contribution in [3.8, 4) is 16.9 Å². The van der Waals surface area contributed by atoms with Gasteiger partial charge in [-0.15, -0.1) is 11.8 Å². The molecule has 154 valence electrons. The van der Waals surface area contributed by atoms with Crippen LogP contribution in [0, 0.1) is 0 Å². The van der Waals surface area contributed by atoms with Crippen molar-refractivity contribution in [3.63, 3.8) is 0 Å². The van der Waals surface area contributed by atoms with Crippen LogP contribution in [0.15, 0.2) is 91.1 Å². The van der Waals surface area contributed by atoms with Crippen molar-refractivity contribution >= 4 is 29.3 Å². The summed E-state index contributed by atoms with van der Waals surface area (Å²) in [5, 5.41) is 5.51. The number of amides is 1. The summed E-state index contributed by atoms with van der Waals surface area (Å²) in [6.45, 7) is 0.540. The molecule has 1 atom stereocenters. The molecule has 0 N–H and O–H groups in total. The Bertz CT molecular complexity index is 1190. The molecule has 2 heterocycles. The zero-order valence-electron chi connectivity index (χ0n) is 16.7. The van der Waals surface area contributed by atoms with Crippen molar-refractivity contribution < 1.29 is 4.79 Å². The number of benzene rings is 3. The van der Waals surface area contributed by atoms with Gasteiger partial charge in [-0.05, 0) is 29.8 Å². The highest BCUT2D eigenvalue weighted by molar-refractivity contribution is 8.00. The third-order valence-electron chi connectivity index (χ3n) is 5.31. The molecule has 0 aliphatic carbocycles. The number of rotatable bonds is 5. The molecule has 0 radical (unpaired) electrons. The number of halogens is 1. The lowest BCUT2D eigenvalue weighted by atomic mass is 10.1. The SMILES string of the molecule is O=C1CS[C@@H](c2cn(-c3ccccc3)nc2-c2ccccc2)N1Cc1ccc(Cl)cc1. The van der Waals surface area contributed by atoms with Gasteiger partial charge in [0.2, 0.25) is 5.91 Å². The Labute approximate surface area is 190 Å². The smallest absolute Gasteiger partial charge is 0.234 e. The summed E-state index contributed by atoms with van der Waals surface area (Å²) in [5.41, 5.74) is 5.03. The van der Waals surface area contributed by atoms with E-state index in [1.807, 2.05) is 82.4 Å². The van der Waals surface area contributed by atoms with Gasteiger partial charge in [-0.1, -0.05) is 72.3 Å². The third-order valence-corrected chi connectivity index (χ3v) is 6.80. The maximum absolute atomic E-state index is 12.8. The molecule has 1 fully saturated rings. The van der Waals surface area contributed by atoms with Crippen LogP contribution in [0.2, 0.25) is 5.02 Å². The molecule has 0 unspecified atom stereocenters. The van der Waals surface area contributed by atoms with E-state index in [-0.39, 0.29) is 11.3 Å². The van der Waals surface area contributed by atoms with E-state index in [1.54, 1.807) is 11.8 Å². The normalized spacial score (nSPS) is 16.1. The van der Waals surface area contributed by atoms with Gasteiger partial charge in [0.25, 0.3) is 0 Å². The Kier molecular flexibility index (Phi) is 5.53. The van der Waals surface area contributed by atoms with Crippen molar-refractivity contribution in [1.82, 2.24) is 14.7 Å². The van der Waals surface area contributed by atoms with E-state index in [0.29, 0.717) is 17.3 Å². The van der Waals surface area contributed by atoms with E-state index in [1.165, 1.54) is 0 Å². The van der Waals surface area contributed by atoms with Crippen molar-refractivity contribution in [2.45, 2.75) is 11.9 Å². The molecular formula is C25H20ClN3OS. The fourth-order valence-corrected chi connectivity index (χ4v) is 5.09. The maximum Gasteiger partial charge on any atom is 0.234 e. The van der Waals surface area contributed by atoms with Crippen LogP contribution in [-0.4, -0.2) is 26.3 Å². The van der Waals surface area contributed by atoms with Crippen molar-refractivity contribution in [2.24, 2.45) is 0 Å². The zero-order valence-corrected chi connectivity index (χ0v) is 18.3. The van der Waals surface area contributed by atoms with Crippen LogP contribution >= 0.6 is 23.4 Å². The van der Waals surface area contributed by atoms with Crippen molar-refractivity contribution in [3.05, 3.63) is 107 Å². The Morgan fingerprint density at radius 2 is 1.61 bits per heavy atom. The van der Waals surface area contributed by atoms with Gasteiger partial charge in [0, 0.05) is 28.9 Å². The Morgan fingerprint density at radius 1 is 0.935 bits per heavy atom. The van der Waals surface area contributed by atoms with Gasteiger partial charge in [-0.25, -0.2) is 4.68 Å². The van der Waals surface area contributed by atoms with Crippen LogP contribution in [0.25, 0.3) is 16.9 Å². The van der Waals surface area contributed by atoms with E-state index in [2.05, 4.69) is 18.3 Å². The highest BCUT2D eigenvalue weighted by Crippen LogP contribution is 2.43. The first-order chi connectivity index (χ1) is 15.2. The number of carbonyl (C=O) groups excluding carboxylic acids is 1. The van der Waals surface area contributed by atoms with E-state index in [0.717, 1.165) is 28.1 Å². The van der Waals surface area contributed by atoms with Crippen molar-refractivity contribution in [1.29, 1.82) is 0 Å². The summed E-state index contributed by atoms with van der Waals surface area (Å²) >= 11 is 7.68. The molecule has 1 aliphatic heterocycles. The Morgan fingerprint density at radius 3 is 2.32 bits per heavy atom. The summed E-state index contributed by atoms with van der Waals surface area (Å²) in [5.74, 6) is 0.597. The van der Waals surface area contributed by atoms with Crippen LogP contribution in [0.1, 0.15) is 16.5 Å². The standard InChI is InChI=1S/C25H20ClN3OS/c26-20-13-11-18(12-14-20)15-28-23(30)17-31-25(28)22-16-29(21-9-5-2-6-10-21)27-24(22)19-7-3-1-4-8-19/h1-14,16,25H,15,17H2/t25-/m0/s1. The molecule has 1 amide bonds. The topological polar surface area (TPSA) is 38.1 Å². The molecule has 1 saturated heterocycles. The highest BCUT2D eigenvalue weighted by Gasteiger charge is 2.35. The molecule has 0 bridgehead atoms. The molecule has 1 aliphatic rings. The second kappa shape index (κ2) is 8.61. The van der Waals surface area contributed by atoms with Crippen LogP contribution in [-0.2, 0) is 11.3 Å². The Balaban J connectivity index is 1.56. The number of aromatic nitrogens is 2. The number of hydrogen-bond acceptors (Lipinski definition) is 3. The molecule has 31 heavy (non-hydrogen) atoms. The van der Waals surface area contributed by atoms with Crippen LogP contribution in [0.3, 0.4) is 0 Å². The van der Waals surface area contributed by atoms with Crippen LogP contribution < -0.4 is 0 Å². The van der Waals surface area contributed by atoms with Gasteiger partial charge in [0.15, 0.2) is 0 Å². The lowest BCUT2D eigenvalue weighted by molar-refractivity contribution is -0.128. The van der Waals surface area contributed by atoms with Gasteiger partial charge < -0.3 is 4.90 Å². The number of para-hydroxylation sites is 1. The highest BCUT2D eigenvalue weighted by atomic mass is 35.5. The molecule has 0 spiro atoms. The van der Waals surface area contributed by atoms with E-state index >= 15 is 0 Å². The maximum atomic E-state index is 12.8. The fraction of sp³-hybridized carbons (Fsp3) is 0.120. The number of hydrogen-bond donors (Lipinski definition) is 0. The minimum absolute atomic E-state index is 0.101. The Hall–Kier alpha value is -3.02. The molecule has 4 aromatic rings. The van der Waals surface area contributed by atoms with Gasteiger partial charge in [-0.2, -0.15) is 5.10 Å². The average molecular weight is 446 g/mol. The lowest BCUT2D eigenvalue weighted by Gasteiger charge is -2.24. The largest absolute Gasteiger partial charge is 0.321 e. The van der Waals surface area contributed by atoms with Crippen molar-refractivity contribution in [2.75, 3.05) is 5.75 Å².